The first-order valence-corrected chi connectivity index (χ1v) is 49.9. The summed E-state index contributed by atoms with van der Waals surface area (Å²) in [6, 6.07) is 152. The third-order valence-electron chi connectivity index (χ3n) is 28.6. The van der Waals surface area contributed by atoms with E-state index in [4.69, 9.17) is 29.9 Å². The Morgan fingerprint density at radius 2 is 0.387 bits per heavy atom. The molecule has 150 heavy (non-hydrogen) atoms. The second kappa shape index (κ2) is 36.9. The summed E-state index contributed by atoms with van der Waals surface area (Å²) in [5.41, 5.74) is 33.0. The normalized spacial score (nSPS) is 11.6. The summed E-state index contributed by atoms with van der Waals surface area (Å²) in [5.74, 6) is 3.23. The van der Waals surface area contributed by atoms with Crippen LogP contribution in [0, 0.1) is 0 Å². The first-order valence-electron chi connectivity index (χ1n) is 49.9. The Morgan fingerprint density at radius 1 is 0.133 bits per heavy atom. The van der Waals surface area contributed by atoms with Crippen molar-refractivity contribution in [3.05, 3.63) is 511 Å². The van der Waals surface area contributed by atoms with Crippen LogP contribution in [0.15, 0.2) is 511 Å². The van der Waals surface area contributed by atoms with Crippen LogP contribution in [0.1, 0.15) is 0 Å². The van der Waals surface area contributed by atoms with Crippen molar-refractivity contribution in [3.63, 3.8) is 0 Å². The van der Waals surface area contributed by atoms with Gasteiger partial charge in [-0.1, -0.05) is 273 Å². The third kappa shape index (κ3) is 15.4. The fourth-order valence-corrected chi connectivity index (χ4v) is 21.7. The van der Waals surface area contributed by atoms with Crippen molar-refractivity contribution in [2.45, 2.75) is 0 Å². The smallest absolute Gasteiger partial charge is 0.238 e. The second-order valence-corrected chi connectivity index (χ2v) is 37.3. The fraction of sp³-hybridized carbons (Fsp3) is 0. The maximum absolute atomic E-state index is 5.27. The first-order chi connectivity index (χ1) is 74.4. The number of fused-ring (bicyclic) bond motifs is 18. The Kier molecular flexibility index (Phi) is 21.4. The Labute approximate surface area is 859 Å². The molecule has 0 N–H and O–H groups in total. The van der Waals surface area contributed by atoms with Crippen molar-refractivity contribution in [2.24, 2.45) is 0 Å². The van der Waals surface area contributed by atoms with Crippen molar-refractivity contribution in [1.29, 1.82) is 0 Å². The van der Waals surface area contributed by atoms with E-state index in [-0.39, 0.29) is 0 Å². The number of pyridine rings is 7. The maximum atomic E-state index is 5.27. The summed E-state index contributed by atoms with van der Waals surface area (Å²) in [6.07, 6.45) is 22.8. The van der Waals surface area contributed by atoms with E-state index in [1.54, 1.807) is 0 Å². The largest absolute Gasteiger partial charge is 0.309 e. The van der Waals surface area contributed by atoms with Crippen LogP contribution in [0.4, 0.5) is 0 Å². The summed E-state index contributed by atoms with van der Waals surface area (Å²) < 4.78 is 13.4. The molecule has 0 unspecified atom stereocenters. The number of nitrogens with zero attached hydrogens (tertiary/aromatic N) is 18. The maximum Gasteiger partial charge on any atom is 0.238 e. The van der Waals surface area contributed by atoms with Gasteiger partial charge in [0.2, 0.25) is 11.9 Å². The van der Waals surface area contributed by atoms with Crippen LogP contribution in [0.3, 0.4) is 0 Å². The summed E-state index contributed by atoms with van der Waals surface area (Å²) in [4.78, 5) is 57.7. The van der Waals surface area contributed by atoms with Gasteiger partial charge in [0.1, 0.15) is 5.82 Å². The van der Waals surface area contributed by atoms with Gasteiger partial charge < -0.3 is 13.7 Å². The Morgan fingerprint density at radius 3 is 0.720 bits per heavy atom. The SMILES string of the molecule is c1ccc(-c2cc(-c3ccccc3)nc(-n3c4ccc(-c5ccc6c(c5)c5cnccc5n6-c5ccccc5)cc4c4ccncc43)c2)cc1.c1ccc(-c2cc(-c3ccccc3)nc(-n3c4ccc(-c5ccc6c(c5)c5cnccc5n6-c5ccccc5)cc4c4ccncc43)n2)cc1.c1ccc(-c2nc(-c3ccccc3)nc(-n3c4ccc(-c5ccc6c(c5)c5cnccc5n6-c5ccccc5)cc4c4ccncc43)n2)cc1. The van der Waals surface area contributed by atoms with E-state index in [1.165, 1.54) is 10.8 Å². The molecule has 0 saturated heterocycles. The molecule has 15 aromatic carbocycles. The van der Waals surface area contributed by atoms with Crippen molar-refractivity contribution >= 4 is 131 Å². The van der Waals surface area contributed by atoms with E-state index in [2.05, 4.69) is 385 Å². The van der Waals surface area contributed by atoms with Crippen LogP contribution in [0.5, 0.6) is 0 Å². The molecule has 0 aliphatic heterocycles. The number of hydrogen-bond donors (Lipinski definition) is 0. The molecule has 0 radical (unpaired) electrons. The second-order valence-electron chi connectivity index (χ2n) is 37.3. The van der Waals surface area contributed by atoms with E-state index in [1.807, 2.05) is 184 Å². The van der Waals surface area contributed by atoms with Gasteiger partial charge in [-0.25, -0.2) is 19.9 Å². The molecule has 0 spiro atoms. The molecule has 18 heteroatoms. The predicted octanol–water partition coefficient (Wildman–Crippen LogP) is 31.4. The molecule has 30 rings (SSSR count). The molecule has 0 aliphatic carbocycles. The zero-order chi connectivity index (χ0) is 99.1. The minimum Gasteiger partial charge on any atom is -0.309 e. The number of rotatable bonds is 15. The molecule has 18 nitrogen and oxygen atoms in total. The Bertz CT molecular complexity index is 9340. The zero-order valence-corrected chi connectivity index (χ0v) is 80.5. The molecular formula is C132H84N18. The Balaban J connectivity index is 0.000000108. The topological polar surface area (TPSA) is 184 Å². The molecule has 30 aromatic rings. The minimum absolute atomic E-state index is 0.543. The highest BCUT2D eigenvalue weighted by molar-refractivity contribution is 6.17. The lowest BCUT2D eigenvalue weighted by atomic mass is 10.0. The van der Waals surface area contributed by atoms with Crippen LogP contribution >= 0.6 is 0 Å². The highest BCUT2D eigenvalue weighted by Gasteiger charge is 2.26. The highest BCUT2D eigenvalue weighted by atomic mass is 15.2. The average Bonchev–Trinajstić information content (AvgIpc) is 1.58. The van der Waals surface area contributed by atoms with Gasteiger partial charge in [-0.2, -0.15) is 9.97 Å². The zero-order valence-electron chi connectivity index (χ0n) is 80.5. The van der Waals surface area contributed by atoms with E-state index >= 15 is 0 Å². The average molecular weight is 1920 g/mol. The summed E-state index contributed by atoms with van der Waals surface area (Å²) in [5, 5.41) is 13.6. The van der Waals surface area contributed by atoms with Gasteiger partial charge in [0.05, 0.1) is 102 Å². The molecule has 702 valence electrons. The van der Waals surface area contributed by atoms with Crippen molar-refractivity contribution in [3.8, 4) is 136 Å². The summed E-state index contributed by atoms with van der Waals surface area (Å²) in [6.45, 7) is 0. The molecule has 0 amide bonds. The standard InChI is InChI=1S/C45H29N5.C44H28N6.C43H27N7/c1-4-10-30(11-5-1)34-26-40(31-12-6-2-7-13-31)48-45(27-34)50-42-19-17-32(24-37(42)36-20-22-47-29-44(36)50)33-16-18-41-38(25-33)39-28-46-23-21-43(39)49(41)35-14-8-3-9-15-35;1-4-10-29(11-5-1)38-26-39(30-12-6-2-7-13-30)48-44(47-38)50-41-19-17-31(24-35(41)34-20-22-46-28-43(34)50)32-16-18-40-36(25-32)37-27-45-23-21-42(37)49(40)33-14-8-3-9-15-33;1-4-10-28(11-5-1)41-46-42(29-12-6-2-7-13-29)48-43(47-41)50-38-19-17-30(24-34(38)33-20-22-45-27-40(33)50)31-16-18-37-35(25-31)36-26-44-23-21-39(36)49(37)32-14-8-3-9-15-32/h1-29H;1-28H;1-27H. The fourth-order valence-electron chi connectivity index (χ4n) is 21.7. The van der Waals surface area contributed by atoms with Gasteiger partial charge in [-0.15, -0.1) is 0 Å². The molecule has 15 heterocycles. The highest BCUT2D eigenvalue weighted by Crippen LogP contribution is 2.45. The van der Waals surface area contributed by atoms with E-state index < -0.39 is 0 Å². The number of benzene rings is 15. The molecule has 0 saturated carbocycles. The van der Waals surface area contributed by atoms with E-state index in [0.29, 0.717) is 23.5 Å². The lowest BCUT2D eigenvalue weighted by Crippen LogP contribution is -2.06. The molecule has 0 fully saturated rings. The van der Waals surface area contributed by atoms with Crippen LogP contribution in [-0.2, 0) is 0 Å². The summed E-state index contributed by atoms with van der Waals surface area (Å²) >= 11 is 0. The van der Waals surface area contributed by atoms with Gasteiger partial charge in [0.15, 0.2) is 11.6 Å². The van der Waals surface area contributed by atoms with Crippen LogP contribution < -0.4 is 0 Å². The van der Waals surface area contributed by atoms with Crippen molar-refractivity contribution in [2.75, 3.05) is 0 Å². The quantitative estimate of drug-likeness (QED) is 0.0947. The molecule has 0 aliphatic rings. The van der Waals surface area contributed by atoms with Crippen molar-refractivity contribution < 1.29 is 0 Å². The minimum atomic E-state index is 0.543. The van der Waals surface area contributed by atoms with Gasteiger partial charge in [-0.05, 0) is 208 Å². The summed E-state index contributed by atoms with van der Waals surface area (Å²) in [7, 11) is 0. The number of aromatic nitrogens is 18. The van der Waals surface area contributed by atoms with E-state index in [0.717, 1.165) is 232 Å². The number of para-hydroxylation sites is 3. The molecular weight excluding hydrogens is 1840 g/mol. The van der Waals surface area contributed by atoms with E-state index in [9.17, 15) is 0 Å². The molecule has 15 aromatic heterocycles. The lowest BCUT2D eigenvalue weighted by Gasteiger charge is -2.13. The van der Waals surface area contributed by atoms with Crippen molar-refractivity contribution in [1.82, 2.24) is 87.2 Å². The van der Waals surface area contributed by atoms with Gasteiger partial charge in [0.25, 0.3) is 0 Å². The van der Waals surface area contributed by atoms with Gasteiger partial charge in [0, 0.05) is 165 Å². The monoisotopic (exact) mass is 1920 g/mol. The third-order valence-corrected chi connectivity index (χ3v) is 28.6. The lowest BCUT2D eigenvalue weighted by molar-refractivity contribution is 0.951. The first kappa shape index (κ1) is 87.1. The van der Waals surface area contributed by atoms with Crippen LogP contribution in [0.2, 0.25) is 0 Å². The van der Waals surface area contributed by atoms with Crippen LogP contribution in [0.25, 0.3) is 267 Å². The van der Waals surface area contributed by atoms with Crippen LogP contribution in [-0.4, -0.2) is 87.2 Å². The van der Waals surface area contributed by atoms with Gasteiger partial charge >= 0.3 is 0 Å². The Hall–Kier alpha value is -20.8. The van der Waals surface area contributed by atoms with Gasteiger partial charge in [-0.3, -0.25) is 43.6 Å². The predicted molar refractivity (Wildman–Crippen MR) is 608 cm³/mol. The molecule has 0 bridgehead atoms. The molecule has 0 atom stereocenters. The number of hydrogen-bond acceptors (Lipinski definition) is 12.